The summed E-state index contributed by atoms with van der Waals surface area (Å²) in [6.45, 7) is 2.38. The number of hydrogen-bond acceptors (Lipinski definition) is 5. The van der Waals surface area contributed by atoms with Crippen LogP contribution in [0.25, 0.3) is 0 Å². The highest BCUT2D eigenvalue weighted by atomic mass is 16.5. The Balaban J connectivity index is 1.50. The summed E-state index contributed by atoms with van der Waals surface area (Å²) < 4.78 is 16.3. The van der Waals surface area contributed by atoms with E-state index in [1.165, 1.54) is 0 Å². The molecule has 0 fully saturated rings. The fraction of sp³-hybridized carbons (Fsp3) is 0.440. The van der Waals surface area contributed by atoms with E-state index < -0.39 is 17.9 Å². The lowest BCUT2D eigenvalue weighted by atomic mass is 10.0. The molecule has 2 rings (SSSR count). The third-order valence-electron chi connectivity index (χ3n) is 4.76. The highest BCUT2D eigenvalue weighted by molar-refractivity contribution is 5.93. The molecule has 1 atom stereocenters. The van der Waals surface area contributed by atoms with Crippen molar-refractivity contribution < 1.29 is 28.9 Å². The molecular formula is C25H32O6. The van der Waals surface area contributed by atoms with Gasteiger partial charge in [0.2, 0.25) is 0 Å². The van der Waals surface area contributed by atoms with Gasteiger partial charge < -0.3 is 19.3 Å². The summed E-state index contributed by atoms with van der Waals surface area (Å²) in [6, 6.07) is 19.8. The first-order valence-electron chi connectivity index (χ1n) is 10.8. The van der Waals surface area contributed by atoms with Crippen LogP contribution in [0.1, 0.15) is 43.2 Å². The van der Waals surface area contributed by atoms with Crippen molar-refractivity contribution in [2.24, 2.45) is 5.92 Å². The zero-order chi connectivity index (χ0) is 22.2. The number of hydrogen-bond donors (Lipinski definition) is 1. The normalized spacial score (nSPS) is 11.7. The summed E-state index contributed by atoms with van der Waals surface area (Å²) in [5.74, 6) is -2.92. The van der Waals surface area contributed by atoms with Crippen LogP contribution in [0.4, 0.5) is 0 Å². The van der Waals surface area contributed by atoms with Gasteiger partial charge in [0.05, 0.1) is 19.8 Å². The molecule has 0 radical (unpaired) electrons. The molecule has 6 heteroatoms. The molecule has 2 aromatic carbocycles. The van der Waals surface area contributed by atoms with Crippen molar-refractivity contribution in [1.82, 2.24) is 0 Å². The molecule has 6 nitrogen and oxygen atoms in total. The second-order valence-electron chi connectivity index (χ2n) is 7.34. The molecule has 0 aliphatic carbocycles. The maximum Gasteiger partial charge on any atom is 0.320 e. The second-order valence-corrected chi connectivity index (χ2v) is 7.34. The average molecular weight is 429 g/mol. The number of ether oxygens (including phenoxy) is 3. The number of carboxylic acid groups (broad SMARTS) is 1. The van der Waals surface area contributed by atoms with E-state index in [-0.39, 0.29) is 13.0 Å². The number of rotatable bonds is 16. The van der Waals surface area contributed by atoms with Crippen molar-refractivity contribution in [2.45, 2.75) is 45.3 Å². The molecule has 0 bridgehead atoms. The smallest absolute Gasteiger partial charge is 0.320 e. The third-order valence-corrected chi connectivity index (χ3v) is 4.76. The molecule has 1 unspecified atom stereocenters. The second kappa shape index (κ2) is 15.2. The van der Waals surface area contributed by atoms with Crippen LogP contribution < -0.4 is 0 Å². The number of benzene rings is 2. The minimum atomic E-state index is -1.14. The predicted molar refractivity (Wildman–Crippen MR) is 117 cm³/mol. The number of carbonyl (C=O) groups excluding carboxylic acids is 1. The van der Waals surface area contributed by atoms with Crippen LogP contribution in [-0.2, 0) is 37.0 Å². The van der Waals surface area contributed by atoms with E-state index in [9.17, 15) is 14.7 Å². The summed E-state index contributed by atoms with van der Waals surface area (Å²) >= 11 is 0. The van der Waals surface area contributed by atoms with Crippen LogP contribution in [0.2, 0.25) is 0 Å². The first-order valence-corrected chi connectivity index (χ1v) is 10.8. The van der Waals surface area contributed by atoms with Crippen LogP contribution in [0.5, 0.6) is 0 Å². The lowest BCUT2D eigenvalue weighted by Crippen LogP contribution is -2.26. The van der Waals surface area contributed by atoms with Crippen LogP contribution in [-0.4, -0.2) is 36.9 Å². The van der Waals surface area contributed by atoms with Crippen molar-refractivity contribution in [3.05, 3.63) is 71.8 Å². The minimum absolute atomic E-state index is 0.206. The van der Waals surface area contributed by atoms with Gasteiger partial charge in [-0.25, -0.2) is 0 Å². The van der Waals surface area contributed by atoms with Gasteiger partial charge in [-0.2, -0.15) is 0 Å². The van der Waals surface area contributed by atoms with Gasteiger partial charge in [0.15, 0.2) is 5.92 Å². The maximum atomic E-state index is 12.1. The first-order chi connectivity index (χ1) is 15.2. The lowest BCUT2D eigenvalue weighted by Gasteiger charge is -2.12. The Morgan fingerprint density at radius 3 is 1.71 bits per heavy atom. The molecule has 2 aromatic rings. The number of aliphatic carboxylic acids is 1. The van der Waals surface area contributed by atoms with Crippen LogP contribution in [0, 0.1) is 5.92 Å². The fourth-order valence-corrected chi connectivity index (χ4v) is 3.00. The van der Waals surface area contributed by atoms with E-state index in [1.54, 1.807) is 0 Å². The van der Waals surface area contributed by atoms with E-state index in [0.717, 1.165) is 17.5 Å². The summed E-state index contributed by atoms with van der Waals surface area (Å²) in [6.07, 6.45) is 2.93. The summed E-state index contributed by atoms with van der Waals surface area (Å²) in [4.78, 5) is 23.5. The van der Waals surface area contributed by atoms with Gasteiger partial charge in [-0.05, 0) is 43.2 Å². The molecular weight excluding hydrogens is 396 g/mol. The molecule has 0 aliphatic heterocycles. The number of esters is 1. The van der Waals surface area contributed by atoms with E-state index in [2.05, 4.69) is 0 Å². The Labute approximate surface area is 184 Å². The minimum Gasteiger partial charge on any atom is -0.481 e. The molecule has 0 saturated carbocycles. The molecule has 31 heavy (non-hydrogen) atoms. The van der Waals surface area contributed by atoms with Crippen molar-refractivity contribution in [3.8, 4) is 0 Å². The standard InChI is InChI=1S/C25H32O6/c26-24(27)23(15-7-8-16-29-19-21-11-3-1-4-12-21)25(28)31-18-10-9-17-30-20-22-13-5-2-6-14-22/h1-6,11-14,23H,7-10,15-20H2,(H,26,27). The van der Waals surface area contributed by atoms with Gasteiger partial charge in [0, 0.05) is 13.2 Å². The van der Waals surface area contributed by atoms with E-state index in [1.807, 2.05) is 60.7 Å². The third kappa shape index (κ3) is 10.8. The number of carboxylic acids is 1. The van der Waals surface area contributed by atoms with Crippen LogP contribution in [0.3, 0.4) is 0 Å². The van der Waals surface area contributed by atoms with Gasteiger partial charge >= 0.3 is 11.9 Å². The molecule has 0 heterocycles. The largest absolute Gasteiger partial charge is 0.481 e. The SMILES string of the molecule is O=C(O)C(CCCCOCc1ccccc1)C(=O)OCCCCOCc1ccccc1. The van der Waals surface area contributed by atoms with Crippen LogP contribution >= 0.6 is 0 Å². The van der Waals surface area contributed by atoms with Gasteiger partial charge in [-0.15, -0.1) is 0 Å². The predicted octanol–water partition coefficient (Wildman–Crippen LogP) is 4.61. The van der Waals surface area contributed by atoms with Crippen molar-refractivity contribution in [1.29, 1.82) is 0 Å². The zero-order valence-corrected chi connectivity index (χ0v) is 17.9. The van der Waals surface area contributed by atoms with E-state index in [4.69, 9.17) is 14.2 Å². The summed E-state index contributed by atoms with van der Waals surface area (Å²) in [5.41, 5.74) is 2.21. The number of unbranched alkanes of at least 4 members (excludes halogenated alkanes) is 2. The van der Waals surface area contributed by atoms with Crippen molar-refractivity contribution in [3.63, 3.8) is 0 Å². The molecule has 0 aromatic heterocycles. The average Bonchev–Trinajstić information content (AvgIpc) is 2.79. The van der Waals surface area contributed by atoms with Gasteiger partial charge in [0.25, 0.3) is 0 Å². The summed E-state index contributed by atoms with van der Waals surface area (Å²) in [5, 5.41) is 9.32. The number of carbonyl (C=O) groups is 2. The maximum absolute atomic E-state index is 12.1. The molecule has 0 spiro atoms. The highest BCUT2D eigenvalue weighted by Crippen LogP contribution is 2.12. The highest BCUT2D eigenvalue weighted by Gasteiger charge is 2.27. The van der Waals surface area contributed by atoms with Crippen molar-refractivity contribution in [2.75, 3.05) is 19.8 Å². The monoisotopic (exact) mass is 428 g/mol. The topological polar surface area (TPSA) is 82.1 Å². The van der Waals surface area contributed by atoms with Crippen LogP contribution in [0.15, 0.2) is 60.7 Å². The molecule has 0 amide bonds. The lowest BCUT2D eigenvalue weighted by molar-refractivity contribution is -0.159. The molecule has 168 valence electrons. The molecule has 0 saturated heterocycles. The summed E-state index contributed by atoms with van der Waals surface area (Å²) in [7, 11) is 0. The van der Waals surface area contributed by atoms with E-state index >= 15 is 0 Å². The zero-order valence-electron chi connectivity index (χ0n) is 17.9. The Bertz CT molecular complexity index is 747. The Morgan fingerprint density at radius 1 is 0.710 bits per heavy atom. The molecule has 1 N–H and O–H groups in total. The fourth-order valence-electron chi connectivity index (χ4n) is 3.00. The quantitative estimate of drug-likeness (QED) is 0.239. The van der Waals surface area contributed by atoms with Gasteiger partial charge in [-0.3, -0.25) is 9.59 Å². The Morgan fingerprint density at radius 2 is 1.19 bits per heavy atom. The van der Waals surface area contributed by atoms with Gasteiger partial charge in [0.1, 0.15) is 0 Å². The van der Waals surface area contributed by atoms with Gasteiger partial charge in [-0.1, -0.05) is 60.7 Å². The van der Waals surface area contributed by atoms with Crippen molar-refractivity contribution >= 4 is 11.9 Å². The Hall–Kier alpha value is -2.70. The molecule has 0 aliphatic rings. The Kier molecular flexibility index (Phi) is 12.0. The van der Waals surface area contributed by atoms with E-state index in [0.29, 0.717) is 45.7 Å². The first kappa shape index (κ1) is 24.6.